The molecule has 3 aromatic carbocycles. The largest absolute Gasteiger partial charge is 0.298 e. The molecule has 0 radical (unpaired) electrons. The smallest absolute Gasteiger partial charge is 0.150 e. The van der Waals surface area contributed by atoms with Crippen molar-refractivity contribution in [1.82, 2.24) is 0 Å². The van der Waals surface area contributed by atoms with Gasteiger partial charge in [0.05, 0.1) is 0 Å². The molecule has 0 atom stereocenters. The number of aldehydes is 1. The summed E-state index contributed by atoms with van der Waals surface area (Å²) in [6, 6.07) is 16.2. The van der Waals surface area contributed by atoms with E-state index in [9.17, 15) is 9.18 Å². The second-order valence-electron chi connectivity index (χ2n) is 4.83. The molecule has 20 heavy (non-hydrogen) atoms. The zero-order valence-electron chi connectivity index (χ0n) is 11.1. The molecule has 0 unspecified atom stereocenters. The maximum absolute atomic E-state index is 13.6. The number of halogens is 1. The molecule has 0 aliphatic rings. The van der Waals surface area contributed by atoms with Crippen LogP contribution in [0.2, 0.25) is 0 Å². The molecule has 0 aliphatic carbocycles. The highest BCUT2D eigenvalue weighted by Crippen LogP contribution is 2.33. The van der Waals surface area contributed by atoms with Gasteiger partial charge in [-0.2, -0.15) is 0 Å². The molecule has 3 aromatic rings. The molecule has 0 aromatic heterocycles. The van der Waals surface area contributed by atoms with Gasteiger partial charge in [-0.05, 0) is 52.6 Å². The molecule has 0 aliphatic heterocycles. The average Bonchev–Trinajstić information content (AvgIpc) is 2.47. The molecular formula is C18H13FO. The number of carbonyl (C=O) groups is 1. The lowest BCUT2D eigenvalue weighted by Gasteiger charge is -2.12. The van der Waals surface area contributed by atoms with E-state index in [4.69, 9.17) is 0 Å². The van der Waals surface area contributed by atoms with Crippen LogP contribution < -0.4 is 0 Å². The second kappa shape index (κ2) is 4.89. The Morgan fingerprint density at radius 1 is 1.00 bits per heavy atom. The summed E-state index contributed by atoms with van der Waals surface area (Å²) in [6.07, 6.45) is 0.774. The first-order chi connectivity index (χ1) is 9.70. The van der Waals surface area contributed by atoms with Gasteiger partial charge >= 0.3 is 0 Å². The molecule has 0 amide bonds. The molecule has 0 spiro atoms. The van der Waals surface area contributed by atoms with Crippen LogP contribution >= 0.6 is 0 Å². The summed E-state index contributed by atoms with van der Waals surface area (Å²) < 4.78 is 13.6. The zero-order chi connectivity index (χ0) is 14.1. The average molecular weight is 264 g/mol. The number of benzene rings is 3. The lowest BCUT2D eigenvalue weighted by atomic mass is 9.91. The van der Waals surface area contributed by atoms with E-state index < -0.39 is 0 Å². The molecule has 0 bridgehead atoms. The van der Waals surface area contributed by atoms with Crippen LogP contribution in [0, 0.1) is 12.7 Å². The lowest BCUT2D eigenvalue weighted by molar-refractivity contribution is 0.112. The third-order valence-electron chi connectivity index (χ3n) is 3.55. The van der Waals surface area contributed by atoms with Crippen molar-refractivity contribution in [2.45, 2.75) is 6.92 Å². The summed E-state index contributed by atoms with van der Waals surface area (Å²) in [5.41, 5.74) is 3.10. The van der Waals surface area contributed by atoms with Gasteiger partial charge in [0.2, 0.25) is 0 Å². The van der Waals surface area contributed by atoms with E-state index in [2.05, 4.69) is 0 Å². The second-order valence-corrected chi connectivity index (χ2v) is 4.83. The Morgan fingerprint density at radius 2 is 1.80 bits per heavy atom. The number of carbonyl (C=O) groups excluding carboxylic acids is 1. The van der Waals surface area contributed by atoms with Crippen LogP contribution in [0.4, 0.5) is 4.39 Å². The van der Waals surface area contributed by atoms with Crippen LogP contribution in [0.25, 0.3) is 21.9 Å². The summed E-state index contributed by atoms with van der Waals surface area (Å²) >= 11 is 0. The zero-order valence-corrected chi connectivity index (χ0v) is 11.1. The van der Waals surface area contributed by atoms with Crippen molar-refractivity contribution in [1.29, 1.82) is 0 Å². The van der Waals surface area contributed by atoms with Crippen molar-refractivity contribution in [3.05, 3.63) is 71.5 Å². The Hall–Kier alpha value is -2.48. The molecule has 0 saturated heterocycles. The van der Waals surface area contributed by atoms with Crippen molar-refractivity contribution in [3.63, 3.8) is 0 Å². The van der Waals surface area contributed by atoms with E-state index in [1.54, 1.807) is 0 Å². The first-order valence-electron chi connectivity index (χ1n) is 6.44. The predicted octanol–water partition coefficient (Wildman–Crippen LogP) is 4.77. The molecule has 0 heterocycles. The van der Waals surface area contributed by atoms with E-state index in [1.807, 2.05) is 43.3 Å². The predicted molar refractivity (Wildman–Crippen MR) is 79.5 cm³/mol. The number of rotatable bonds is 2. The van der Waals surface area contributed by atoms with Crippen LogP contribution in [-0.4, -0.2) is 6.29 Å². The molecular weight excluding hydrogens is 251 g/mol. The van der Waals surface area contributed by atoms with Gasteiger partial charge in [0.15, 0.2) is 6.29 Å². The molecule has 0 fully saturated rings. The number of hydrogen-bond acceptors (Lipinski definition) is 1. The maximum atomic E-state index is 13.6. The fraction of sp³-hybridized carbons (Fsp3) is 0.0556. The van der Waals surface area contributed by atoms with Crippen molar-refractivity contribution >= 4 is 17.1 Å². The number of aryl methyl sites for hydroxylation is 1. The molecule has 0 N–H and O–H groups in total. The minimum absolute atomic E-state index is 0.335. The lowest BCUT2D eigenvalue weighted by Crippen LogP contribution is -1.93. The fourth-order valence-corrected chi connectivity index (χ4v) is 2.59. The minimum Gasteiger partial charge on any atom is -0.298 e. The highest BCUT2D eigenvalue weighted by atomic mass is 19.1. The number of hydrogen-bond donors (Lipinski definition) is 0. The van der Waals surface area contributed by atoms with E-state index in [0.29, 0.717) is 11.1 Å². The first kappa shape index (κ1) is 12.5. The Bertz CT molecular complexity index is 806. The first-order valence-corrected chi connectivity index (χ1v) is 6.44. The van der Waals surface area contributed by atoms with Crippen LogP contribution in [0.3, 0.4) is 0 Å². The Kier molecular flexibility index (Phi) is 3.07. The van der Waals surface area contributed by atoms with Crippen LogP contribution in [-0.2, 0) is 0 Å². The van der Waals surface area contributed by atoms with Gasteiger partial charge in [-0.15, -0.1) is 0 Å². The highest BCUT2D eigenvalue weighted by Gasteiger charge is 2.12. The summed E-state index contributed by atoms with van der Waals surface area (Å²) in [7, 11) is 0. The summed E-state index contributed by atoms with van der Waals surface area (Å²) in [5.74, 6) is -0.335. The summed E-state index contributed by atoms with van der Waals surface area (Å²) in [6.45, 7) is 1.97. The topological polar surface area (TPSA) is 17.1 Å². The van der Waals surface area contributed by atoms with Gasteiger partial charge in [-0.1, -0.05) is 36.4 Å². The normalized spacial score (nSPS) is 10.7. The van der Waals surface area contributed by atoms with Crippen molar-refractivity contribution in [3.8, 4) is 11.1 Å². The fourth-order valence-electron chi connectivity index (χ4n) is 2.59. The van der Waals surface area contributed by atoms with E-state index in [0.717, 1.165) is 28.2 Å². The Morgan fingerprint density at radius 3 is 2.60 bits per heavy atom. The molecule has 98 valence electrons. The van der Waals surface area contributed by atoms with Gasteiger partial charge in [0.1, 0.15) is 5.82 Å². The summed E-state index contributed by atoms with van der Waals surface area (Å²) in [5, 5.41) is 2.11. The van der Waals surface area contributed by atoms with Crippen LogP contribution in [0.1, 0.15) is 15.9 Å². The molecule has 3 rings (SSSR count). The molecule has 1 nitrogen and oxygen atoms in total. The highest BCUT2D eigenvalue weighted by molar-refractivity contribution is 6.02. The monoisotopic (exact) mass is 264 g/mol. The number of fused-ring (bicyclic) bond motifs is 1. The summed E-state index contributed by atoms with van der Waals surface area (Å²) in [4.78, 5) is 11.2. The third-order valence-corrected chi connectivity index (χ3v) is 3.55. The van der Waals surface area contributed by atoms with Gasteiger partial charge in [0.25, 0.3) is 0 Å². The third kappa shape index (κ3) is 1.99. The van der Waals surface area contributed by atoms with Crippen molar-refractivity contribution < 1.29 is 9.18 Å². The van der Waals surface area contributed by atoms with Gasteiger partial charge in [0, 0.05) is 5.56 Å². The maximum Gasteiger partial charge on any atom is 0.150 e. The van der Waals surface area contributed by atoms with E-state index in [1.165, 1.54) is 18.2 Å². The SMILES string of the molecule is Cc1ccc2ccccc2c1-c1cc(F)ccc1C=O. The van der Waals surface area contributed by atoms with Crippen LogP contribution in [0.5, 0.6) is 0 Å². The molecule has 2 heteroatoms. The Balaban J connectivity index is 2.43. The van der Waals surface area contributed by atoms with E-state index >= 15 is 0 Å². The van der Waals surface area contributed by atoms with E-state index in [-0.39, 0.29) is 5.82 Å². The van der Waals surface area contributed by atoms with Crippen LogP contribution in [0.15, 0.2) is 54.6 Å². The molecule has 0 saturated carbocycles. The minimum atomic E-state index is -0.335. The Labute approximate surface area is 116 Å². The van der Waals surface area contributed by atoms with Gasteiger partial charge in [-0.25, -0.2) is 4.39 Å². The van der Waals surface area contributed by atoms with Crippen molar-refractivity contribution in [2.24, 2.45) is 0 Å². The quantitative estimate of drug-likeness (QED) is 0.609. The van der Waals surface area contributed by atoms with Gasteiger partial charge in [-0.3, -0.25) is 4.79 Å². The van der Waals surface area contributed by atoms with Gasteiger partial charge < -0.3 is 0 Å². The van der Waals surface area contributed by atoms with Crippen molar-refractivity contribution in [2.75, 3.05) is 0 Å². The standard InChI is InChI=1S/C18H13FO/c1-12-6-7-13-4-2-3-5-16(13)18(12)17-10-15(19)9-8-14(17)11-20/h2-11H,1H3.